The molecular formula is C55H36N2S. The molecule has 2 heterocycles. The van der Waals surface area contributed by atoms with Gasteiger partial charge in [-0.2, -0.15) is 0 Å². The van der Waals surface area contributed by atoms with Gasteiger partial charge in [0, 0.05) is 53.7 Å². The molecule has 1 aliphatic rings. The summed E-state index contributed by atoms with van der Waals surface area (Å²) in [4.78, 5) is 2.41. The standard InChI is InChI=1S/C55H36N2S/c1-4-17-37(18-5-1)55(47-26-13-10-23-42(47)43-24-11-14-27-48(43)55)49-28-16-30-52-54(49)45-33-31-41(36-53(45)58-52)56(38-19-6-2-7-20-38)40-32-34-51-46(35-40)44-25-12-15-29-50(44)57(51)39-21-8-3-9-22-39/h1-36H. The van der Waals surface area contributed by atoms with E-state index in [1.165, 1.54) is 75.4 Å². The predicted octanol–water partition coefficient (Wildman–Crippen LogP) is 15.0. The quantitative estimate of drug-likeness (QED) is 0.164. The number of para-hydroxylation sites is 3. The summed E-state index contributed by atoms with van der Waals surface area (Å²) in [5.41, 5.74) is 14.4. The number of fused-ring (bicyclic) bond motifs is 9. The van der Waals surface area contributed by atoms with E-state index in [1.54, 1.807) is 0 Å². The van der Waals surface area contributed by atoms with Crippen LogP contribution in [0.5, 0.6) is 0 Å². The van der Waals surface area contributed by atoms with Crippen LogP contribution in [0.2, 0.25) is 0 Å². The lowest BCUT2D eigenvalue weighted by Gasteiger charge is -2.34. The highest BCUT2D eigenvalue weighted by molar-refractivity contribution is 7.25. The maximum absolute atomic E-state index is 2.41. The SMILES string of the molecule is c1ccc(N(c2ccc3c(c2)sc2cccc(C4(c5ccccc5)c5ccccc5-c5ccccc54)c23)c2ccc3c(c2)c2ccccc2n3-c2ccccc2)cc1. The van der Waals surface area contributed by atoms with Crippen molar-refractivity contribution < 1.29 is 0 Å². The summed E-state index contributed by atoms with van der Waals surface area (Å²) in [5, 5.41) is 5.08. The van der Waals surface area contributed by atoms with Crippen LogP contribution >= 0.6 is 11.3 Å². The van der Waals surface area contributed by atoms with Crippen LogP contribution in [0, 0.1) is 0 Å². The minimum atomic E-state index is -0.467. The van der Waals surface area contributed by atoms with Crippen molar-refractivity contribution in [1.82, 2.24) is 4.57 Å². The molecule has 2 aromatic heterocycles. The fourth-order valence-electron chi connectivity index (χ4n) is 9.93. The Labute approximate surface area is 341 Å². The first-order valence-corrected chi connectivity index (χ1v) is 20.8. The summed E-state index contributed by atoms with van der Waals surface area (Å²) in [7, 11) is 0. The Bertz CT molecular complexity index is 3300. The van der Waals surface area contributed by atoms with Gasteiger partial charge in [0.1, 0.15) is 0 Å². The topological polar surface area (TPSA) is 8.17 Å². The largest absolute Gasteiger partial charge is 0.310 e. The summed E-state index contributed by atoms with van der Waals surface area (Å²) < 4.78 is 4.94. The molecule has 272 valence electrons. The van der Waals surface area contributed by atoms with Gasteiger partial charge in [0.2, 0.25) is 0 Å². The van der Waals surface area contributed by atoms with Gasteiger partial charge < -0.3 is 9.47 Å². The molecular weight excluding hydrogens is 721 g/mol. The van der Waals surface area contributed by atoms with Gasteiger partial charge in [-0.1, -0.05) is 152 Å². The maximum atomic E-state index is 2.41. The van der Waals surface area contributed by atoms with Crippen LogP contribution in [0.4, 0.5) is 17.1 Å². The van der Waals surface area contributed by atoms with Crippen molar-refractivity contribution in [3.63, 3.8) is 0 Å². The van der Waals surface area contributed by atoms with Gasteiger partial charge in [-0.3, -0.25) is 0 Å². The molecule has 0 radical (unpaired) electrons. The zero-order valence-electron chi connectivity index (χ0n) is 31.6. The molecule has 0 unspecified atom stereocenters. The molecule has 0 N–H and O–H groups in total. The molecule has 11 aromatic rings. The summed E-state index contributed by atoms with van der Waals surface area (Å²) in [6, 6.07) is 80.4. The summed E-state index contributed by atoms with van der Waals surface area (Å²) >= 11 is 1.89. The molecule has 0 fully saturated rings. The second kappa shape index (κ2) is 12.9. The third kappa shape index (κ3) is 4.71. The van der Waals surface area contributed by atoms with Gasteiger partial charge in [-0.05, 0) is 100 Å². The lowest BCUT2D eigenvalue weighted by Crippen LogP contribution is -2.28. The van der Waals surface area contributed by atoms with Crippen molar-refractivity contribution in [2.45, 2.75) is 5.41 Å². The summed E-state index contributed by atoms with van der Waals surface area (Å²) in [5.74, 6) is 0. The van der Waals surface area contributed by atoms with Crippen LogP contribution in [0.3, 0.4) is 0 Å². The van der Waals surface area contributed by atoms with Crippen LogP contribution in [0.25, 0.3) is 58.8 Å². The normalized spacial score (nSPS) is 13.0. The highest BCUT2D eigenvalue weighted by Gasteiger charge is 2.47. The van der Waals surface area contributed by atoms with E-state index in [-0.39, 0.29) is 0 Å². The maximum Gasteiger partial charge on any atom is 0.0720 e. The van der Waals surface area contributed by atoms with Gasteiger partial charge in [0.25, 0.3) is 0 Å². The first-order valence-electron chi connectivity index (χ1n) is 19.9. The van der Waals surface area contributed by atoms with Gasteiger partial charge in [0.15, 0.2) is 0 Å². The minimum Gasteiger partial charge on any atom is -0.310 e. The Kier molecular flexibility index (Phi) is 7.35. The van der Waals surface area contributed by atoms with E-state index in [2.05, 4.69) is 228 Å². The van der Waals surface area contributed by atoms with Crippen molar-refractivity contribution in [2.24, 2.45) is 0 Å². The van der Waals surface area contributed by atoms with Crippen LogP contribution in [0.1, 0.15) is 22.3 Å². The van der Waals surface area contributed by atoms with Crippen molar-refractivity contribution >= 4 is 70.4 Å². The molecule has 58 heavy (non-hydrogen) atoms. The highest BCUT2D eigenvalue weighted by atomic mass is 32.1. The Balaban J connectivity index is 1.08. The number of benzene rings is 9. The molecule has 3 heteroatoms. The molecule has 0 amide bonds. The lowest BCUT2D eigenvalue weighted by molar-refractivity contribution is 0.777. The van der Waals surface area contributed by atoms with E-state index in [0.717, 1.165) is 22.7 Å². The van der Waals surface area contributed by atoms with Crippen LogP contribution in [-0.4, -0.2) is 4.57 Å². The number of rotatable bonds is 6. The zero-order valence-corrected chi connectivity index (χ0v) is 32.4. The van der Waals surface area contributed by atoms with E-state index in [1.807, 2.05) is 11.3 Å². The molecule has 0 saturated carbocycles. The average Bonchev–Trinajstić information content (AvgIpc) is 3.94. The Morgan fingerprint density at radius 3 is 1.72 bits per heavy atom. The third-order valence-corrected chi connectivity index (χ3v) is 13.4. The minimum absolute atomic E-state index is 0.467. The number of thiophene rings is 1. The van der Waals surface area contributed by atoms with Crippen molar-refractivity contribution in [3.05, 3.63) is 241 Å². The number of aromatic nitrogens is 1. The average molecular weight is 757 g/mol. The smallest absolute Gasteiger partial charge is 0.0720 e. The second-order valence-corrected chi connectivity index (χ2v) is 16.3. The Morgan fingerprint density at radius 1 is 0.379 bits per heavy atom. The molecule has 0 saturated heterocycles. The second-order valence-electron chi connectivity index (χ2n) is 15.2. The molecule has 0 spiro atoms. The third-order valence-electron chi connectivity index (χ3n) is 12.2. The fourth-order valence-corrected chi connectivity index (χ4v) is 11.1. The molecule has 1 aliphatic carbocycles. The van der Waals surface area contributed by atoms with Gasteiger partial charge in [-0.15, -0.1) is 11.3 Å². The molecule has 0 bridgehead atoms. The van der Waals surface area contributed by atoms with Crippen molar-refractivity contribution in [1.29, 1.82) is 0 Å². The predicted molar refractivity (Wildman–Crippen MR) is 246 cm³/mol. The summed E-state index contributed by atoms with van der Waals surface area (Å²) in [6.45, 7) is 0. The molecule has 0 aliphatic heterocycles. The molecule has 2 nitrogen and oxygen atoms in total. The molecule has 0 atom stereocenters. The number of nitrogens with zero attached hydrogens (tertiary/aromatic N) is 2. The number of anilines is 3. The highest BCUT2D eigenvalue weighted by Crippen LogP contribution is 2.58. The van der Waals surface area contributed by atoms with E-state index >= 15 is 0 Å². The zero-order chi connectivity index (χ0) is 38.2. The van der Waals surface area contributed by atoms with E-state index in [4.69, 9.17) is 0 Å². The lowest BCUT2D eigenvalue weighted by atomic mass is 9.66. The van der Waals surface area contributed by atoms with Crippen molar-refractivity contribution in [3.8, 4) is 16.8 Å². The molecule has 9 aromatic carbocycles. The number of hydrogen-bond donors (Lipinski definition) is 0. The summed E-state index contributed by atoms with van der Waals surface area (Å²) in [6.07, 6.45) is 0. The van der Waals surface area contributed by atoms with Crippen LogP contribution < -0.4 is 4.90 Å². The van der Waals surface area contributed by atoms with Gasteiger partial charge >= 0.3 is 0 Å². The first kappa shape index (κ1) is 33.0. The van der Waals surface area contributed by atoms with Crippen LogP contribution in [0.15, 0.2) is 218 Å². The van der Waals surface area contributed by atoms with Crippen molar-refractivity contribution in [2.75, 3.05) is 4.90 Å². The van der Waals surface area contributed by atoms with E-state index in [9.17, 15) is 0 Å². The van der Waals surface area contributed by atoms with Gasteiger partial charge in [0.05, 0.1) is 16.4 Å². The van der Waals surface area contributed by atoms with E-state index in [0.29, 0.717) is 0 Å². The van der Waals surface area contributed by atoms with E-state index < -0.39 is 5.41 Å². The Morgan fingerprint density at radius 2 is 0.966 bits per heavy atom. The fraction of sp³-hybridized carbons (Fsp3) is 0.0182. The number of hydrogen-bond acceptors (Lipinski definition) is 2. The monoisotopic (exact) mass is 756 g/mol. The molecule has 12 rings (SSSR count). The van der Waals surface area contributed by atoms with Gasteiger partial charge in [-0.25, -0.2) is 0 Å². The Hall–Kier alpha value is -7.20. The van der Waals surface area contributed by atoms with Crippen LogP contribution in [-0.2, 0) is 5.41 Å². The first-order chi connectivity index (χ1) is 28.8.